The van der Waals surface area contributed by atoms with Gasteiger partial charge in [-0.1, -0.05) is 23.2 Å². The maximum atomic E-state index is 5.84. The molecule has 14 heavy (non-hydrogen) atoms. The van der Waals surface area contributed by atoms with Crippen LogP contribution in [-0.2, 0) is 0 Å². The third kappa shape index (κ3) is 1.75. The van der Waals surface area contributed by atoms with E-state index in [2.05, 4.69) is 0 Å². The summed E-state index contributed by atoms with van der Waals surface area (Å²) in [5.41, 5.74) is 5.46. The van der Waals surface area contributed by atoms with Crippen molar-refractivity contribution in [1.82, 2.24) is 0 Å². The third-order valence-corrected chi connectivity index (χ3v) is 2.69. The van der Waals surface area contributed by atoms with Crippen LogP contribution in [0.2, 0.25) is 10.0 Å². The number of fused-ring (bicyclic) bond motifs is 1. The van der Waals surface area contributed by atoms with Crippen LogP contribution >= 0.6 is 23.2 Å². The zero-order valence-electron chi connectivity index (χ0n) is 7.30. The first-order valence-corrected chi connectivity index (χ1v) is 4.95. The number of ether oxygens (including phenoxy) is 2. The number of nitrogens with two attached hydrogens (primary N) is 1. The van der Waals surface area contributed by atoms with E-state index in [1.54, 1.807) is 12.1 Å². The van der Waals surface area contributed by atoms with Crippen molar-refractivity contribution in [2.75, 3.05) is 13.2 Å². The van der Waals surface area contributed by atoms with Crippen molar-refractivity contribution in [2.45, 2.75) is 6.10 Å². The molecule has 76 valence electrons. The predicted molar refractivity (Wildman–Crippen MR) is 55.4 cm³/mol. The molecule has 1 heterocycles. The quantitative estimate of drug-likeness (QED) is 0.809. The smallest absolute Gasteiger partial charge is 0.163 e. The summed E-state index contributed by atoms with van der Waals surface area (Å²) >= 11 is 11.7. The zero-order valence-corrected chi connectivity index (χ0v) is 8.81. The van der Waals surface area contributed by atoms with Crippen LogP contribution < -0.4 is 15.2 Å². The lowest BCUT2D eigenvalue weighted by atomic mass is 10.2. The van der Waals surface area contributed by atoms with Crippen molar-refractivity contribution in [3.8, 4) is 11.5 Å². The Labute approximate surface area is 91.7 Å². The van der Waals surface area contributed by atoms with Crippen LogP contribution in [0.5, 0.6) is 11.5 Å². The number of rotatable bonds is 1. The van der Waals surface area contributed by atoms with E-state index in [1.807, 2.05) is 0 Å². The molecule has 1 aromatic rings. The lowest BCUT2D eigenvalue weighted by Crippen LogP contribution is -2.35. The highest BCUT2D eigenvalue weighted by molar-refractivity contribution is 6.42. The normalized spacial score (nSPS) is 19.5. The Morgan fingerprint density at radius 3 is 2.57 bits per heavy atom. The Morgan fingerprint density at radius 1 is 1.29 bits per heavy atom. The molecule has 1 aromatic carbocycles. The summed E-state index contributed by atoms with van der Waals surface area (Å²) in [5, 5.41) is 0.909. The Morgan fingerprint density at radius 2 is 1.93 bits per heavy atom. The van der Waals surface area contributed by atoms with Gasteiger partial charge in [0, 0.05) is 18.7 Å². The Kier molecular flexibility index (Phi) is 2.72. The monoisotopic (exact) mass is 233 g/mol. The fraction of sp³-hybridized carbons (Fsp3) is 0.333. The molecule has 0 bridgehead atoms. The molecule has 0 aliphatic carbocycles. The second-order valence-corrected chi connectivity index (χ2v) is 3.81. The number of halogens is 2. The molecule has 2 N–H and O–H groups in total. The maximum Gasteiger partial charge on any atom is 0.163 e. The van der Waals surface area contributed by atoms with E-state index >= 15 is 0 Å². The van der Waals surface area contributed by atoms with E-state index < -0.39 is 0 Å². The number of benzene rings is 1. The molecular weight excluding hydrogens is 225 g/mol. The molecule has 1 aliphatic rings. The van der Waals surface area contributed by atoms with Gasteiger partial charge in [-0.25, -0.2) is 0 Å². The number of hydrogen-bond acceptors (Lipinski definition) is 3. The Bertz CT molecular complexity index is 357. The second-order valence-electron chi connectivity index (χ2n) is 3.00. The van der Waals surface area contributed by atoms with Crippen LogP contribution in [0.15, 0.2) is 12.1 Å². The van der Waals surface area contributed by atoms with Crippen LogP contribution in [0.3, 0.4) is 0 Å². The molecule has 0 aromatic heterocycles. The van der Waals surface area contributed by atoms with Gasteiger partial charge in [0.1, 0.15) is 12.7 Å². The minimum absolute atomic E-state index is 0.111. The van der Waals surface area contributed by atoms with Gasteiger partial charge in [-0.3, -0.25) is 0 Å². The summed E-state index contributed by atoms with van der Waals surface area (Å²) in [7, 11) is 0. The van der Waals surface area contributed by atoms with Gasteiger partial charge in [-0.15, -0.1) is 0 Å². The highest BCUT2D eigenvalue weighted by atomic mass is 35.5. The first-order valence-electron chi connectivity index (χ1n) is 4.19. The summed E-state index contributed by atoms with van der Waals surface area (Å²) in [6, 6.07) is 3.28. The molecule has 3 nitrogen and oxygen atoms in total. The van der Waals surface area contributed by atoms with Gasteiger partial charge in [0.2, 0.25) is 0 Å². The van der Waals surface area contributed by atoms with Crippen molar-refractivity contribution in [1.29, 1.82) is 0 Å². The van der Waals surface area contributed by atoms with Crippen LogP contribution in [0.25, 0.3) is 0 Å². The summed E-state index contributed by atoms with van der Waals surface area (Å²) in [5.74, 6) is 1.21. The molecule has 2 rings (SSSR count). The van der Waals surface area contributed by atoms with Gasteiger partial charge in [0.15, 0.2) is 11.5 Å². The van der Waals surface area contributed by atoms with E-state index in [1.165, 1.54) is 0 Å². The fourth-order valence-corrected chi connectivity index (χ4v) is 1.53. The molecule has 1 aliphatic heterocycles. The molecule has 0 amide bonds. The first-order chi connectivity index (χ1) is 6.70. The summed E-state index contributed by atoms with van der Waals surface area (Å²) in [4.78, 5) is 0. The van der Waals surface area contributed by atoms with Crippen molar-refractivity contribution in [3.05, 3.63) is 22.2 Å². The van der Waals surface area contributed by atoms with E-state index in [9.17, 15) is 0 Å². The van der Waals surface area contributed by atoms with Gasteiger partial charge in [0.25, 0.3) is 0 Å². The average Bonchev–Trinajstić information content (AvgIpc) is 2.19. The molecule has 0 saturated carbocycles. The largest absolute Gasteiger partial charge is 0.486 e. The van der Waals surface area contributed by atoms with Crippen molar-refractivity contribution in [2.24, 2.45) is 5.73 Å². The molecule has 5 heteroatoms. The highest BCUT2D eigenvalue weighted by Gasteiger charge is 2.20. The maximum absolute atomic E-state index is 5.84. The molecular formula is C9H9Cl2NO2. The van der Waals surface area contributed by atoms with Crippen LogP contribution in [0, 0.1) is 0 Å². The van der Waals surface area contributed by atoms with Crippen molar-refractivity contribution in [3.63, 3.8) is 0 Å². The van der Waals surface area contributed by atoms with Crippen molar-refractivity contribution < 1.29 is 9.47 Å². The number of hydrogen-bond donors (Lipinski definition) is 1. The summed E-state index contributed by atoms with van der Waals surface area (Å²) in [6.07, 6.45) is -0.111. The summed E-state index contributed by atoms with van der Waals surface area (Å²) < 4.78 is 10.9. The lowest BCUT2D eigenvalue weighted by molar-refractivity contribution is 0.0969. The van der Waals surface area contributed by atoms with Gasteiger partial charge in [0.05, 0.1) is 10.0 Å². The molecule has 0 saturated heterocycles. The van der Waals surface area contributed by atoms with Gasteiger partial charge < -0.3 is 15.2 Å². The highest BCUT2D eigenvalue weighted by Crippen LogP contribution is 2.38. The average molecular weight is 234 g/mol. The SMILES string of the molecule is NCC1COc2cc(Cl)c(Cl)cc2O1. The van der Waals surface area contributed by atoms with Crippen LogP contribution in [0.4, 0.5) is 0 Å². The van der Waals surface area contributed by atoms with E-state index in [0.717, 1.165) is 0 Å². The molecule has 0 spiro atoms. The van der Waals surface area contributed by atoms with E-state index in [0.29, 0.717) is 34.7 Å². The molecule has 1 atom stereocenters. The Balaban J connectivity index is 2.33. The van der Waals surface area contributed by atoms with Crippen molar-refractivity contribution >= 4 is 23.2 Å². The minimum Gasteiger partial charge on any atom is -0.486 e. The standard InChI is InChI=1S/C9H9Cl2NO2/c10-6-1-8-9(2-7(6)11)14-5(3-12)4-13-8/h1-2,5H,3-4,12H2. The second kappa shape index (κ2) is 3.85. The fourth-order valence-electron chi connectivity index (χ4n) is 1.23. The Hall–Kier alpha value is -0.640. The van der Waals surface area contributed by atoms with Gasteiger partial charge >= 0.3 is 0 Å². The summed E-state index contributed by atoms with van der Waals surface area (Å²) in [6.45, 7) is 0.862. The lowest BCUT2D eigenvalue weighted by Gasteiger charge is -2.25. The topological polar surface area (TPSA) is 44.5 Å². The van der Waals surface area contributed by atoms with Gasteiger partial charge in [-0.2, -0.15) is 0 Å². The first kappa shape index (κ1) is 9.90. The van der Waals surface area contributed by atoms with Crippen LogP contribution in [-0.4, -0.2) is 19.3 Å². The van der Waals surface area contributed by atoms with E-state index in [-0.39, 0.29) is 6.10 Å². The molecule has 1 unspecified atom stereocenters. The minimum atomic E-state index is -0.111. The van der Waals surface area contributed by atoms with Crippen LogP contribution in [0.1, 0.15) is 0 Å². The molecule has 0 radical (unpaired) electrons. The third-order valence-electron chi connectivity index (χ3n) is 1.97. The van der Waals surface area contributed by atoms with Gasteiger partial charge in [-0.05, 0) is 0 Å². The molecule has 0 fully saturated rings. The zero-order chi connectivity index (χ0) is 10.1. The van der Waals surface area contributed by atoms with E-state index in [4.69, 9.17) is 38.4 Å². The predicted octanol–water partition coefficient (Wildman–Crippen LogP) is 2.09.